The highest BCUT2D eigenvalue weighted by Crippen LogP contribution is 2.36. The lowest BCUT2D eigenvalue weighted by molar-refractivity contribution is -0.121. The number of rotatable bonds is 3. The Morgan fingerprint density at radius 3 is 2.46 bits per heavy atom. The minimum absolute atomic E-state index is 0.134. The zero-order valence-corrected chi connectivity index (χ0v) is 18.2. The van der Waals surface area contributed by atoms with Crippen LogP contribution in [0.25, 0.3) is 6.08 Å². The maximum Gasteiger partial charge on any atom is 0.270 e. The van der Waals surface area contributed by atoms with Gasteiger partial charge in [-0.15, -0.1) is 0 Å². The Morgan fingerprint density at radius 2 is 1.96 bits per heavy atom. The van der Waals surface area contributed by atoms with E-state index in [0.717, 1.165) is 37.3 Å². The molecule has 0 radical (unpaired) electrons. The number of piperidine rings is 1. The van der Waals surface area contributed by atoms with Crippen molar-refractivity contribution >= 4 is 46.1 Å². The molecular formula is C20H24N4O2S2. The number of carbonyl (C=O) groups excluding carboxylic acids is 1. The Balaban J connectivity index is 2.25. The van der Waals surface area contributed by atoms with Crippen molar-refractivity contribution in [1.82, 2.24) is 9.47 Å². The molecule has 0 atom stereocenters. The molecule has 0 bridgehead atoms. The molecule has 148 valence electrons. The summed E-state index contributed by atoms with van der Waals surface area (Å²) in [6.45, 7) is 8.09. The lowest BCUT2D eigenvalue weighted by Crippen LogP contribution is -2.39. The topological polar surface area (TPSA) is 69.3 Å². The second-order valence-electron chi connectivity index (χ2n) is 7.31. The van der Waals surface area contributed by atoms with E-state index in [1.54, 1.807) is 24.6 Å². The first-order valence-electron chi connectivity index (χ1n) is 9.44. The van der Waals surface area contributed by atoms with Gasteiger partial charge in [-0.2, -0.15) is 5.26 Å². The van der Waals surface area contributed by atoms with Gasteiger partial charge in [0.2, 0.25) is 0 Å². The molecule has 1 aromatic rings. The van der Waals surface area contributed by atoms with E-state index in [4.69, 9.17) is 12.2 Å². The predicted molar refractivity (Wildman–Crippen MR) is 117 cm³/mol. The van der Waals surface area contributed by atoms with Crippen LogP contribution in [-0.4, -0.2) is 39.8 Å². The van der Waals surface area contributed by atoms with Crippen LogP contribution in [0.5, 0.6) is 0 Å². The van der Waals surface area contributed by atoms with Gasteiger partial charge in [0.15, 0.2) is 0 Å². The fourth-order valence-corrected chi connectivity index (χ4v) is 4.84. The van der Waals surface area contributed by atoms with Crippen molar-refractivity contribution in [3.63, 3.8) is 0 Å². The number of carbonyl (C=O) groups is 1. The minimum atomic E-state index is -0.267. The molecule has 2 aliphatic rings. The Hall–Kier alpha value is -2.11. The molecule has 2 fully saturated rings. The lowest BCUT2D eigenvalue weighted by atomic mass is 9.97. The molecule has 2 saturated heterocycles. The van der Waals surface area contributed by atoms with Crippen LogP contribution in [0.1, 0.15) is 43.4 Å². The van der Waals surface area contributed by atoms with Crippen molar-refractivity contribution in [1.29, 1.82) is 5.26 Å². The maximum absolute atomic E-state index is 12.9. The van der Waals surface area contributed by atoms with Crippen molar-refractivity contribution in [3.05, 3.63) is 31.9 Å². The van der Waals surface area contributed by atoms with Crippen LogP contribution >= 0.6 is 24.0 Å². The van der Waals surface area contributed by atoms with Gasteiger partial charge < -0.3 is 4.90 Å². The van der Waals surface area contributed by atoms with E-state index in [2.05, 4.69) is 17.9 Å². The van der Waals surface area contributed by atoms with Crippen LogP contribution in [0.4, 0.5) is 5.82 Å². The van der Waals surface area contributed by atoms with Gasteiger partial charge in [-0.3, -0.25) is 19.1 Å². The predicted octanol–water partition coefficient (Wildman–Crippen LogP) is 3.12. The average molecular weight is 417 g/mol. The number of thiocarbonyl (C=S) groups is 1. The number of pyridine rings is 1. The van der Waals surface area contributed by atoms with E-state index in [9.17, 15) is 14.9 Å². The van der Waals surface area contributed by atoms with Gasteiger partial charge in [0.05, 0.1) is 4.91 Å². The molecule has 0 spiro atoms. The van der Waals surface area contributed by atoms with E-state index in [-0.39, 0.29) is 17.0 Å². The van der Waals surface area contributed by atoms with Crippen molar-refractivity contribution in [2.75, 3.05) is 25.0 Å². The summed E-state index contributed by atoms with van der Waals surface area (Å²) in [6, 6.07) is 2.06. The summed E-state index contributed by atoms with van der Waals surface area (Å²) >= 11 is 6.50. The first-order chi connectivity index (χ1) is 13.3. The zero-order valence-electron chi connectivity index (χ0n) is 16.6. The number of nitrogens with zero attached hydrogens (tertiary/aromatic N) is 4. The van der Waals surface area contributed by atoms with Crippen molar-refractivity contribution in [2.24, 2.45) is 5.92 Å². The molecule has 6 nitrogen and oxygen atoms in total. The molecule has 0 aromatic carbocycles. The number of nitriles is 1. The van der Waals surface area contributed by atoms with Gasteiger partial charge >= 0.3 is 0 Å². The average Bonchev–Trinajstić information content (AvgIpc) is 2.91. The smallest absolute Gasteiger partial charge is 0.270 e. The highest BCUT2D eigenvalue weighted by atomic mass is 32.2. The van der Waals surface area contributed by atoms with Crippen LogP contribution in [0.3, 0.4) is 0 Å². The molecule has 2 aliphatic heterocycles. The highest BCUT2D eigenvalue weighted by molar-refractivity contribution is 8.26. The highest BCUT2D eigenvalue weighted by Gasteiger charge is 2.31. The molecule has 0 N–H and O–H groups in total. The lowest BCUT2D eigenvalue weighted by Gasteiger charge is -2.35. The fourth-order valence-electron chi connectivity index (χ4n) is 3.68. The van der Waals surface area contributed by atoms with Gasteiger partial charge in [0, 0.05) is 32.2 Å². The van der Waals surface area contributed by atoms with Gasteiger partial charge in [-0.1, -0.05) is 30.9 Å². The van der Waals surface area contributed by atoms with Gasteiger partial charge in [-0.25, -0.2) is 0 Å². The number of aromatic nitrogens is 1. The molecule has 0 unspecified atom stereocenters. The molecule has 0 aliphatic carbocycles. The summed E-state index contributed by atoms with van der Waals surface area (Å²) < 4.78 is 2.17. The molecule has 1 aromatic heterocycles. The fraction of sp³-hybridized carbons (Fsp3) is 0.500. The molecule has 8 heteroatoms. The Kier molecular flexibility index (Phi) is 5.96. The standard InChI is InChI=1S/C20H24N4O2S2/c1-5-24-17(23-8-6-12(2)7-9-23)14(13(3)15(11-21)18(24)25)10-16-19(26)22(4)20(27)28-16/h10,12H,5-9H2,1-4H3/b16-10-. The molecule has 3 rings (SSSR count). The summed E-state index contributed by atoms with van der Waals surface area (Å²) in [7, 11) is 1.66. The van der Waals surface area contributed by atoms with E-state index in [0.29, 0.717) is 27.3 Å². The SMILES string of the molecule is CCn1c(N2CCC(C)CC2)c(/C=C2\SC(=S)N(C)C2=O)c(C)c(C#N)c1=O. The molecule has 3 heterocycles. The molecular weight excluding hydrogens is 392 g/mol. The number of hydrogen-bond donors (Lipinski definition) is 0. The second kappa shape index (κ2) is 8.10. The second-order valence-corrected chi connectivity index (χ2v) is 8.98. The van der Waals surface area contributed by atoms with Crippen LogP contribution in [0, 0.1) is 24.2 Å². The van der Waals surface area contributed by atoms with Gasteiger partial charge in [0.1, 0.15) is 21.8 Å². The number of hydrogen-bond acceptors (Lipinski definition) is 6. The van der Waals surface area contributed by atoms with E-state index < -0.39 is 0 Å². The third-order valence-electron chi connectivity index (χ3n) is 5.51. The summed E-state index contributed by atoms with van der Waals surface area (Å²) in [6.07, 6.45) is 3.90. The Labute approximate surface area is 174 Å². The summed E-state index contributed by atoms with van der Waals surface area (Å²) in [5, 5.41) is 9.58. The Bertz CT molecular complexity index is 966. The van der Waals surface area contributed by atoms with Crippen LogP contribution in [0.2, 0.25) is 0 Å². The normalized spacial score (nSPS) is 19.6. The number of thioether (sulfide) groups is 1. The van der Waals surface area contributed by atoms with Crippen LogP contribution < -0.4 is 10.5 Å². The summed E-state index contributed by atoms with van der Waals surface area (Å²) in [4.78, 5) is 29.7. The monoisotopic (exact) mass is 416 g/mol. The quantitative estimate of drug-likeness (QED) is 0.557. The third-order valence-corrected chi connectivity index (χ3v) is 6.99. The molecule has 1 amide bonds. The van der Waals surface area contributed by atoms with Crippen molar-refractivity contribution < 1.29 is 4.79 Å². The summed E-state index contributed by atoms with van der Waals surface area (Å²) in [5.41, 5.74) is 1.25. The first kappa shape index (κ1) is 20.6. The molecule has 0 saturated carbocycles. The van der Waals surface area contributed by atoms with E-state index in [1.165, 1.54) is 16.7 Å². The van der Waals surface area contributed by atoms with Gasteiger partial charge in [0.25, 0.3) is 11.5 Å². The number of anilines is 1. The first-order valence-corrected chi connectivity index (χ1v) is 10.7. The van der Waals surface area contributed by atoms with Crippen LogP contribution in [0.15, 0.2) is 9.70 Å². The number of amides is 1. The third kappa shape index (κ3) is 3.49. The maximum atomic E-state index is 12.9. The summed E-state index contributed by atoms with van der Waals surface area (Å²) in [5.74, 6) is 1.30. The largest absolute Gasteiger partial charge is 0.357 e. The van der Waals surface area contributed by atoms with Gasteiger partial charge in [-0.05, 0) is 44.2 Å². The zero-order chi connectivity index (χ0) is 20.6. The van der Waals surface area contributed by atoms with E-state index in [1.807, 2.05) is 6.92 Å². The minimum Gasteiger partial charge on any atom is -0.357 e. The van der Waals surface area contributed by atoms with Crippen LogP contribution in [-0.2, 0) is 11.3 Å². The van der Waals surface area contributed by atoms with Crippen molar-refractivity contribution in [3.8, 4) is 6.07 Å². The Morgan fingerprint density at radius 1 is 1.32 bits per heavy atom. The van der Waals surface area contributed by atoms with E-state index >= 15 is 0 Å². The number of likely N-dealkylation sites (N-methyl/N-ethyl adjacent to an activating group) is 1. The van der Waals surface area contributed by atoms with Crippen molar-refractivity contribution in [2.45, 2.75) is 40.2 Å². The molecule has 28 heavy (non-hydrogen) atoms.